The maximum Gasteiger partial charge on any atom is 0.251 e. The van der Waals surface area contributed by atoms with Crippen LogP contribution in [0.5, 0.6) is 0 Å². The Bertz CT molecular complexity index is 802. The van der Waals surface area contributed by atoms with E-state index in [0.717, 1.165) is 60.8 Å². The molecule has 2 aromatic rings. The lowest BCUT2D eigenvalue weighted by molar-refractivity contribution is -0.132. The SMILES string of the molecule is CCCN(C(=O)Cc1c(C)nn(-c2nc(C)cc(C)n2)c1C)C1CCNC1. The number of hydrogen-bond donors (Lipinski definition) is 1. The van der Waals surface area contributed by atoms with E-state index in [4.69, 9.17) is 0 Å². The highest BCUT2D eigenvalue weighted by Gasteiger charge is 2.27. The van der Waals surface area contributed by atoms with Gasteiger partial charge in [0.1, 0.15) is 0 Å². The number of carbonyl (C=O) groups is 1. The molecule has 1 aliphatic rings. The largest absolute Gasteiger partial charge is 0.338 e. The summed E-state index contributed by atoms with van der Waals surface area (Å²) in [4.78, 5) is 24.1. The molecule has 0 bridgehead atoms. The number of aryl methyl sites for hydroxylation is 3. The van der Waals surface area contributed by atoms with Gasteiger partial charge in [0.15, 0.2) is 0 Å². The van der Waals surface area contributed by atoms with E-state index in [9.17, 15) is 4.79 Å². The maximum atomic E-state index is 13.1. The Morgan fingerprint density at radius 3 is 2.56 bits per heavy atom. The summed E-state index contributed by atoms with van der Waals surface area (Å²) in [6.45, 7) is 12.6. The predicted octanol–water partition coefficient (Wildman–Crippen LogP) is 2.04. The van der Waals surface area contributed by atoms with Crippen LogP contribution in [-0.4, -0.2) is 56.2 Å². The minimum atomic E-state index is 0.178. The van der Waals surface area contributed by atoms with E-state index in [1.54, 1.807) is 4.68 Å². The van der Waals surface area contributed by atoms with E-state index < -0.39 is 0 Å². The third-order valence-corrected chi connectivity index (χ3v) is 5.19. The van der Waals surface area contributed by atoms with Crippen molar-refractivity contribution in [2.75, 3.05) is 19.6 Å². The second-order valence-corrected chi connectivity index (χ2v) is 7.42. The Morgan fingerprint density at radius 2 is 1.96 bits per heavy atom. The number of amides is 1. The lowest BCUT2D eigenvalue weighted by Gasteiger charge is -2.28. The average Bonchev–Trinajstić information content (AvgIpc) is 3.22. The summed E-state index contributed by atoms with van der Waals surface area (Å²) in [6, 6.07) is 2.24. The first kappa shape index (κ1) is 19.5. The molecule has 3 heterocycles. The zero-order chi connectivity index (χ0) is 19.6. The number of nitrogens with one attached hydrogen (secondary N) is 1. The Hall–Kier alpha value is -2.28. The van der Waals surface area contributed by atoms with Crippen molar-refractivity contribution in [2.24, 2.45) is 0 Å². The van der Waals surface area contributed by atoms with Crippen LogP contribution in [0.2, 0.25) is 0 Å². The summed E-state index contributed by atoms with van der Waals surface area (Å²) in [5, 5.41) is 7.99. The molecular weight excluding hydrogens is 340 g/mol. The van der Waals surface area contributed by atoms with Gasteiger partial charge >= 0.3 is 0 Å². The van der Waals surface area contributed by atoms with E-state index in [1.165, 1.54) is 0 Å². The van der Waals surface area contributed by atoms with Gasteiger partial charge in [0.2, 0.25) is 5.91 Å². The van der Waals surface area contributed by atoms with E-state index >= 15 is 0 Å². The molecule has 7 heteroatoms. The fraction of sp³-hybridized carbons (Fsp3) is 0.600. The second kappa shape index (κ2) is 8.17. The average molecular weight is 371 g/mol. The van der Waals surface area contributed by atoms with Gasteiger partial charge in [0.05, 0.1) is 12.1 Å². The van der Waals surface area contributed by atoms with Crippen LogP contribution in [0.15, 0.2) is 6.07 Å². The second-order valence-electron chi connectivity index (χ2n) is 7.42. The molecule has 1 aliphatic heterocycles. The van der Waals surface area contributed by atoms with Crippen LogP contribution in [0.25, 0.3) is 5.95 Å². The molecular formula is C20H30N6O. The van der Waals surface area contributed by atoms with Gasteiger partial charge < -0.3 is 10.2 Å². The molecule has 0 saturated carbocycles. The number of aromatic nitrogens is 4. The highest BCUT2D eigenvalue weighted by Crippen LogP contribution is 2.19. The number of carbonyl (C=O) groups excluding carboxylic acids is 1. The first-order chi connectivity index (χ1) is 12.9. The molecule has 0 spiro atoms. The minimum Gasteiger partial charge on any atom is -0.338 e. The minimum absolute atomic E-state index is 0.178. The Morgan fingerprint density at radius 1 is 1.26 bits per heavy atom. The van der Waals surface area contributed by atoms with Crippen molar-refractivity contribution in [1.29, 1.82) is 0 Å². The third-order valence-electron chi connectivity index (χ3n) is 5.19. The van der Waals surface area contributed by atoms with Gasteiger partial charge in [-0.3, -0.25) is 4.79 Å². The quantitative estimate of drug-likeness (QED) is 0.842. The first-order valence-electron chi connectivity index (χ1n) is 9.78. The molecule has 1 N–H and O–H groups in total. The molecule has 2 aromatic heterocycles. The maximum absolute atomic E-state index is 13.1. The highest BCUT2D eigenvalue weighted by molar-refractivity contribution is 5.79. The molecule has 0 aromatic carbocycles. The van der Waals surface area contributed by atoms with Gasteiger partial charge in [-0.05, 0) is 53.1 Å². The van der Waals surface area contributed by atoms with Crippen LogP contribution in [0.3, 0.4) is 0 Å². The zero-order valence-electron chi connectivity index (χ0n) is 17.0. The van der Waals surface area contributed by atoms with Crippen molar-refractivity contribution < 1.29 is 4.79 Å². The van der Waals surface area contributed by atoms with Crippen molar-refractivity contribution in [3.8, 4) is 5.95 Å². The lowest BCUT2D eigenvalue weighted by atomic mass is 10.1. The van der Waals surface area contributed by atoms with Crippen molar-refractivity contribution in [3.05, 3.63) is 34.4 Å². The molecule has 146 valence electrons. The number of hydrogen-bond acceptors (Lipinski definition) is 5. The molecule has 1 unspecified atom stereocenters. The molecule has 1 amide bonds. The van der Waals surface area contributed by atoms with Crippen molar-refractivity contribution in [1.82, 2.24) is 30.0 Å². The van der Waals surface area contributed by atoms with Gasteiger partial charge in [-0.2, -0.15) is 5.10 Å². The highest BCUT2D eigenvalue weighted by atomic mass is 16.2. The molecule has 7 nitrogen and oxygen atoms in total. The van der Waals surface area contributed by atoms with Crippen LogP contribution in [-0.2, 0) is 11.2 Å². The molecule has 3 rings (SSSR count). The summed E-state index contributed by atoms with van der Waals surface area (Å²) in [7, 11) is 0. The molecule has 27 heavy (non-hydrogen) atoms. The van der Waals surface area contributed by atoms with Gasteiger partial charge in [-0.15, -0.1) is 0 Å². The van der Waals surface area contributed by atoms with Crippen LogP contribution in [0, 0.1) is 27.7 Å². The van der Waals surface area contributed by atoms with Crippen molar-refractivity contribution in [2.45, 2.75) is 59.9 Å². The fourth-order valence-corrected chi connectivity index (χ4v) is 3.84. The Balaban J connectivity index is 1.86. The normalized spacial score (nSPS) is 16.7. The molecule has 0 radical (unpaired) electrons. The van der Waals surface area contributed by atoms with E-state index in [-0.39, 0.29) is 5.91 Å². The smallest absolute Gasteiger partial charge is 0.251 e. The number of nitrogens with zero attached hydrogens (tertiary/aromatic N) is 5. The van der Waals surface area contributed by atoms with Gasteiger partial charge in [-0.1, -0.05) is 6.92 Å². The Kier molecular flexibility index (Phi) is 5.89. The Labute approximate surface area is 161 Å². The van der Waals surface area contributed by atoms with Crippen LogP contribution in [0.1, 0.15) is 48.1 Å². The van der Waals surface area contributed by atoms with Crippen molar-refractivity contribution in [3.63, 3.8) is 0 Å². The van der Waals surface area contributed by atoms with E-state index in [2.05, 4.69) is 27.3 Å². The van der Waals surface area contributed by atoms with Gasteiger partial charge in [0, 0.05) is 41.8 Å². The van der Waals surface area contributed by atoms with Gasteiger partial charge in [-0.25, -0.2) is 14.6 Å². The summed E-state index contributed by atoms with van der Waals surface area (Å²) < 4.78 is 1.76. The zero-order valence-corrected chi connectivity index (χ0v) is 17.0. The van der Waals surface area contributed by atoms with E-state index in [1.807, 2.05) is 38.7 Å². The van der Waals surface area contributed by atoms with Crippen LogP contribution < -0.4 is 5.32 Å². The summed E-state index contributed by atoms with van der Waals surface area (Å²) in [5.74, 6) is 0.745. The lowest BCUT2D eigenvalue weighted by Crippen LogP contribution is -2.43. The topological polar surface area (TPSA) is 75.9 Å². The number of rotatable bonds is 6. The summed E-state index contributed by atoms with van der Waals surface area (Å²) >= 11 is 0. The van der Waals surface area contributed by atoms with Crippen molar-refractivity contribution >= 4 is 5.91 Å². The third kappa shape index (κ3) is 4.18. The summed E-state index contributed by atoms with van der Waals surface area (Å²) in [6.07, 6.45) is 2.37. The summed E-state index contributed by atoms with van der Waals surface area (Å²) in [5.41, 5.74) is 4.60. The monoisotopic (exact) mass is 370 g/mol. The van der Waals surface area contributed by atoms with Crippen LogP contribution in [0.4, 0.5) is 0 Å². The van der Waals surface area contributed by atoms with Gasteiger partial charge in [0.25, 0.3) is 5.95 Å². The predicted molar refractivity (Wildman–Crippen MR) is 105 cm³/mol. The molecule has 1 atom stereocenters. The standard InChI is InChI=1S/C20H30N6O/c1-6-9-25(17-7-8-21-12-17)19(27)11-18-15(4)24-26(16(18)5)20-22-13(2)10-14(3)23-20/h10,17,21H,6-9,11-12H2,1-5H3. The fourth-order valence-electron chi connectivity index (χ4n) is 3.84. The van der Waals surface area contributed by atoms with E-state index in [0.29, 0.717) is 18.4 Å². The molecule has 1 saturated heterocycles. The molecule has 0 aliphatic carbocycles. The first-order valence-corrected chi connectivity index (χ1v) is 9.78. The molecule has 1 fully saturated rings. The van der Waals surface area contributed by atoms with Crippen LogP contribution >= 0.6 is 0 Å².